The summed E-state index contributed by atoms with van der Waals surface area (Å²) in [7, 11) is 0. The summed E-state index contributed by atoms with van der Waals surface area (Å²) in [5, 5.41) is 2.59. The molecule has 0 amide bonds. The van der Waals surface area contributed by atoms with Gasteiger partial charge in [0.1, 0.15) is 11.9 Å². The van der Waals surface area contributed by atoms with Gasteiger partial charge in [-0.1, -0.05) is 29.5 Å². The molecule has 0 bridgehead atoms. The lowest BCUT2D eigenvalue weighted by Gasteiger charge is -2.31. The summed E-state index contributed by atoms with van der Waals surface area (Å²) in [5.74, 6) is 1.57. The van der Waals surface area contributed by atoms with Crippen molar-refractivity contribution in [1.82, 2.24) is 14.9 Å². The summed E-state index contributed by atoms with van der Waals surface area (Å²) >= 11 is 1.50. The third-order valence-corrected chi connectivity index (χ3v) is 5.36. The number of ether oxygens (including phenoxy) is 2. The lowest BCUT2D eigenvalue weighted by Crippen LogP contribution is -2.39. The largest absolute Gasteiger partial charge is 0.474 e. The Bertz CT molecular complexity index is 801. The average Bonchev–Trinajstić information content (AvgIpc) is 3.22. The average molecular weight is 382 g/mol. The SMILES string of the molecule is c1ccc(OC2CCN(CCc3ccc(Oc4nccs4)cc3)CC2)nc1. The van der Waals surface area contributed by atoms with Crippen LogP contribution in [0.15, 0.2) is 60.2 Å². The van der Waals surface area contributed by atoms with E-state index in [9.17, 15) is 0 Å². The Labute approximate surface area is 163 Å². The molecular weight excluding hydrogens is 358 g/mol. The van der Waals surface area contributed by atoms with Crippen molar-refractivity contribution in [1.29, 1.82) is 0 Å². The van der Waals surface area contributed by atoms with Gasteiger partial charge in [-0.25, -0.2) is 9.97 Å². The molecule has 0 atom stereocenters. The number of aromatic nitrogens is 2. The molecule has 1 aliphatic heterocycles. The van der Waals surface area contributed by atoms with Crippen LogP contribution in [-0.4, -0.2) is 40.6 Å². The third kappa shape index (κ3) is 5.28. The van der Waals surface area contributed by atoms with E-state index < -0.39 is 0 Å². The molecule has 4 rings (SSSR count). The smallest absolute Gasteiger partial charge is 0.278 e. The summed E-state index contributed by atoms with van der Waals surface area (Å²) in [6, 6.07) is 14.1. The quantitative estimate of drug-likeness (QED) is 0.606. The second kappa shape index (κ2) is 8.97. The number of hydrogen-bond acceptors (Lipinski definition) is 6. The van der Waals surface area contributed by atoms with Crippen molar-refractivity contribution < 1.29 is 9.47 Å². The maximum absolute atomic E-state index is 5.97. The van der Waals surface area contributed by atoms with Crippen molar-refractivity contribution in [3.63, 3.8) is 0 Å². The fourth-order valence-corrected chi connectivity index (χ4v) is 3.72. The van der Waals surface area contributed by atoms with Gasteiger partial charge in [0.2, 0.25) is 5.88 Å². The molecule has 27 heavy (non-hydrogen) atoms. The lowest BCUT2D eigenvalue weighted by molar-refractivity contribution is 0.0975. The summed E-state index contributed by atoms with van der Waals surface area (Å²) < 4.78 is 11.7. The van der Waals surface area contributed by atoms with E-state index in [0.717, 1.165) is 50.5 Å². The molecule has 0 radical (unpaired) electrons. The summed E-state index contributed by atoms with van der Waals surface area (Å²) in [6.07, 6.45) is 6.95. The van der Waals surface area contributed by atoms with Crippen LogP contribution in [0.3, 0.4) is 0 Å². The number of likely N-dealkylation sites (tertiary alicyclic amines) is 1. The molecule has 0 unspecified atom stereocenters. The molecule has 0 aliphatic carbocycles. The van der Waals surface area contributed by atoms with E-state index in [1.54, 1.807) is 12.4 Å². The Morgan fingerprint density at radius 2 is 1.85 bits per heavy atom. The molecule has 1 aromatic carbocycles. The highest BCUT2D eigenvalue weighted by molar-refractivity contribution is 7.11. The molecule has 5 nitrogen and oxygen atoms in total. The first-order valence-electron chi connectivity index (χ1n) is 9.31. The number of benzene rings is 1. The van der Waals surface area contributed by atoms with Crippen LogP contribution in [-0.2, 0) is 6.42 Å². The van der Waals surface area contributed by atoms with E-state index in [2.05, 4.69) is 27.0 Å². The van der Waals surface area contributed by atoms with Crippen LogP contribution in [0.2, 0.25) is 0 Å². The molecule has 6 heteroatoms. The van der Waals surface area contributed by atoms with Crippen LogP contribution in [0.5, 0.6) is 16.8 Å². The predicted octanol–water partition coefficient (Wildman–Crippen LogP) is 4.42. The van der Waals surface area contributed by atoms with E-state index in [0.29, 0.717) is 5.19 Å². The monoisotopic (exact) mass is 381 g/mol. The van der Waals surface area contributed by atoms with Crippen molar-refractivity contribution in [2.45, 2.75) is 25.4 Å². The Morgan fingerprint density at radius 1 is 1.00 bits per heavy atom. The van der Waals surface area contributed by atoms with Gasteiger partial charge in [-0.3, -0.25) is 0 Å². The highest BCUT2D eigenvalue weighted by Gasteiger charge is 2.20. The van der Waals surface area contributed by atoms with E-state index in [4.69, 9.17) is 9.47 Å². The number of hydrogen-bond donors (Lipinski definition) is 0. The number of nitrogens with zero attached hydrogens (tertiary/aromatic N) is 3. The Balaban J connectivity index is 1.19. The zero-order chi connectivity index (χ0) is 18.3. The molecule has 1 saturated heterocycles. The first kappa shape index (κ1) is 17.9. The van der Waals surface area contributed by atoms with Gasteiger partial charge in [0.05, 0.1) is 0 Å². The first-order chi connectivity index (χ1) is 13.3. The van der Waals surface area contributed by atoms with Crippen LogP contribution < -0.4 is 9.47 Å². The minimum atomic E-state index is 0.276. The van der Waals surface area contributed by atoms with Gasteiger partial charge in [0.15, 0.2) is 0 Å². The maximum atomic E-state index is 5.97. The van der Waals surface area contributed by atoms with Gasteiger partial charge in [-0.05, 0) is 43.0 Å². The van der Waals surface area contributed by atoms with E-state index >= 15 is 0 Å². The van der Waals surface area contributed by atoms with Crippen LogP contribution in [0, 0.1) is 0 Å². The highest BCUT2D eigenvalue weighted by atomic mass is 32.1. The summed E-state index contributed by atoms with van der Waals surface area (Å²) in [4.78, 5) is 10.9. The van der Waals surface area contributed by atoms with Crippen molar-refractivity contribution >= 4 is 11.3 Å². The van der Waals surface area contributed by atoms with E-state index in [1.165, 1.54) is 16.9 Å². The van der Waals surface area contributed by atoms with Gasteiger partial charge < -0.3 is 14.4 Å². The van der Waals surface area contributed by atoms with E-state index in [-0.39, 0.29) is 6.10 Å². The molecule has 3 heterocycles. The van der Waals surface area contributed by atoms with Crippen LogP contribution >= 0.6 is 11.3 Å². The number of rotatable bonds is 7. The normalized spacial score (nSPS) is 15.6. The third-order valence-electron chi connectivity index (χ3n) is 4.71. The maximum Gasteiger partial charge on any atom is 0.278 e. The first-order valence-corrected chi connectivity index (χ1v) is 10.2. The fourth-order valence-electron chi connectivity index (χ4n) is 3.21. The van der Waals surface area contributed by atoms with Crippen molar-refractivity contribution in [3.8, 4) is 16.8 Å². The molecule has 140 valence electrons. The van der Waals surface area contributed by atoms with Crippen LogP contribution in [0.25, 0.3) is 0 Å². The standard InChI is InChI=1S/C21H23N3O2S/c1-2-11-22-20(3-1)25-19-9-14-24(15-10-19)13-8-17-4-6-18(7-5-17)26-21-23-12-16-27-21/h1-7,11-12,16,19H,8-10,13-15H2. The Hall–Kier alpha value is -2.44. The van der Waals surface area contributed by atoms with Gasteiger partial charge in [-0.2, -0.15) is 0 Å². The van der Waals surface area contributed by atoms with Crippen LogP contribution in [0.4, 0.5) is 0 Å². The zero-order valence-electron chi connectivity index (χ0n) is 15.2. The summed E-state index contributed by atoms with van der Waals surface area (Å²) in [6.45, 7) is 3.22. The van der Waals surface area contributed by atoms with Crippen molar-refractivity contribution in [2.24, 2.45) is 0 Å². The minimum absolute atomic E-state index is 0.276. The van der Waals surface area contributed by atoms with E-state index in [1.807, 2.05) is 35.7 Å². The number of pyridine rings is 1. The molecule has 0 spiro atoms. The van der Waals surface area contributed by atoms with Gasteiger partial charge in [0, 0.05) is 43.5 Å². The van der Waals surface area contributed by atoms with Crippen molar-refractivity contribution in [3.05, 3.63) is 65.8 Å². The molecule has 0 N–H and O–H groups in total. The molecule has 0 saturated carbocycles. The summed E-state index contributed by atoms with van der Waals surface area (Å²) in [5.41, 5.74) is 1.33. The van der Waals surface area contributed by atoms with Crippen molar-refractivity contribution in [2.75, 3.05) is 19.6 Å². The molecule has 1 fully saturated rings. The highest BCUT2D eigenvalue weighted by Crippen LogP contribution is 2.23. The van der Waals surface area contributed by atoms with Gasteiger partial charge in [0.25, 0.3) is 5.19 Å². The fraction of sp³-hybridized carbons (Fsp3) is 0.333. The second-order valence-electron chi connectivity index (χ2n) is 6.62. The van der Waals surface area contributed by atoms with Gasteiger partial charge in [-0.15, -0.1) is 0 Å². The Morgan fingerprint density at radius 3 is 2.56 bits per heavy atom. The molecule has 2 aromatic heterocycles. The molecular formula is C21H23N3O2S. The lowest BCUT2D eigenvalue weighted by atomic mass is 10.1. The van der Waals surface area contributed by atoms with Gasteiger partial charge >= 0.3 is 0 Å². The van der Waals surface area contributed by atoms with Crippen LogP contribution in [0.1, 0.15) is 18.4 Å². The zero-order valence-corrected chi connectivity index (χ0v) is 16.0. The molecule has 3 aromatic rings. The second-order valence-corrected chi connectivity index (χ2v) is 7.48. The number of thiazole rings is 1. The minimum Gasteiger partial charge on any atom is -0.474 e. The predicted molar refractivity (Wildman–Crippen MR) is 107 cm³/mol. The number of piperidine rings is 1. The Kier molecular flexibility index (Phi) is 5.96. The topological polar surface area (TPSA) is 47.5 Å². The molecule has 1 aliphatic rings.